The Morgan fingerprint density at radius 3 is 2.81 bits per heavy atom. The van der Waals surface area contributed by atoms with E-state index < -0.39 is 6.10 Å². The molecule has 2 aromatic carbocycles. The van der Waals surface area contributed by atoms with Crippen LogP contribution in [0.1, 0.15) is 12.0 Å². The maximum Gasteiger partial charge on any atom is 0.252 e. The van der Waals surface area contributed by atoms with Gasteiger partial charge in [0.15, 0.2) is 0 Å². The molecular formula is C20H22N2O4. The Bertz CT molecular complexity index is 763. The fraction of sp³-hybridized carbons (Fsp3) is 0.300. The lowest BCUT2D eigenvalue weighted by atomic mass is 10.1. The molecule has 26 heavy (non-hydrogen) atoms. The zero-order valence-electron chi connectivity index (χ0n) is 14.7. The molecule has 1 unspecified atom stereocenters. The van der Waals surface area contributed by atoms with Crippen molar-refractivity contribution in [1.82, 2.24) is 4.90 Å². The molecular weight excluding hydrogens is 332 g/mol. The van der Waals surface area contributed by atoms with Gasteiger partial charge in [0.25, 0.3) is 5.91 Å². The molecule has 0 saturated carbocycles. The Morgan fingerprint density at radius 2 is 2.04 bits per heavy atom. The van der Waals surface area contributed by atoms with E-state index in [9.17, 15) is 9.59 Å². The summed E-state index contributed by atoms with van der Waals surface area (Å²) in [5.74, 6) is 0.237. The van der Waals surface area contributed by atoms with Gasteiger partial charge in [-0.1, -0.05) is 36.4 Å². The topological polar surface area (TPSA) is 67.9 Å². The highest BCUT2D eigenvalue weighted by Gasteiger charge is 2.31. The van der Waals surface area contributed by atoms with Gasteiger partial charge < -0.3 is 19.7 Å². The van der Waals surface area contributed by atoms with Crippen LogP contribution < -0.4 is 10.1 Å². The van der Waals surface area contributed by atoms with Crippen LogP contribution in [0, 0.1) is 0 Å². The lowest BCUT2D eigenvalue weighted by Gasteiger charge is -2.32. The number of hydrogen-bond acceptors (Lipinski definition) is 4. The molecule has 1 N–H and O–H groups in total. The minimum Gasteiger partial charge on any atom is -0.497 e. The summed E-state index contributed by atoms with van der Waals surface area (Å²) in [5, 5.41) is 2.78. The largest absolute Gasteiger partial charge is 0.497 e. The standard InChI is InChI=1S/C20H22N2O4/c1-25-17-9-5-8-16(12-17)21-19(23)13-18-20(24)22(10-11-26-18)14-15-6-3-2-4-7-15/h2-9,12,18H,10-11,13-14H2,1H3,(H,21,23). The van der Waals surface area contributed by atoms with Crippen molar-refractivity contribution in [3.63, 3.8) is 0 Å². The summed E-state index contributed by atoms with van der Waals surface area (Å²) >= 11 is 0. The minimum atomic E-state index is -0.752. The van der Waals surface area contributed by atoms with Crippen LogP contribution in [0.15, 0.2) is 54.6 Å². The van der Waals surface area contributed by atoms with Crippen molar-refractivity contribution < 1.29 is 19.1 Å². The Morgan fingerprint density at radius 1 is 1.23 bits per heavy atom. The molecule has 1 aliphatic heterocycles. The van der Waals surface area contributed by atoms with Crippen LogP contribution in [-0.2, 0) is 20.9 Å². The highest BCUT2D eigenvalue weighted by molar-refractivity contribution is 5.95. The third-order valence-electron chi connectivity index (χ3n) is 4.21. The van der Waals surface area contributed by atoms with Crippen LogP contribution in [0.5, 0.6) is 5.75 Å². The zero-order valence-corrected chi connectivity index (χ0v) is 14.7. The lowest BCUT2D eigenvalue weighted by Crippen LogP contribution is -2.48. The monoisotopic (exact) mass is 354 g/mol. The molecule has 3 rings (SSSR count). The predicted octanol–water partition coefficient (Wildman–Crippen LogP) is 2.45. The van der Waals surface area contributed by atoms with Gasteiger partial charge >= 0.3 is 0 Å². The van der Waals surface area contributed by atoms with Crippen molar-refractivity contribution in [2.75, 3.05) is 25.6 Å². The number of morpholine rings is 1. The molecule has 0 radical (unpaired) electrons. The second-order valence-electron chi connectivity index (χ2n) is 6.09. The quantitative estimate of drug-likeness (QED) is 0.865. The van der Waals surface area contributed by atoms with Gasteiger partial charge in [-0.3, -0.25) is 9.59 Å². The van der Waals surface area contributed by atoms with Gasteiger partial charge in [-0.05, 0) is 17.7 Å². The number of nitrogens with zero attached hydrogens (tertiary/aromatic N) is 1. The molecule has 136 valence electrons. The fourth-order valence-corrected chi connectivity index (χ4v) is 2.88. The van der Waals surface area contributed by atoms with E-state index in [4.69, 9.17) is 9.47 Å². The average Bonchev–Trinajstić information content (AvgIpc) is 2.66. The van der Waals surface area contributed by atoms with Crippen molar-refractivity contribution in [3.8, 4) is 5.75 Å². The first-order valence-corrected chi connectivity index (χ1v) is 8.54. The van der Waals surface area contributed by atoms with Crippen LogP contribution in [0.2, 0.25) is 0 Å². The van der Waals surface area contributed by atoms with Gasteiger partial charge in [-0.15, -0.1) is 0 Å². The van der Waals surface area contributed by atoms with E-state index in [-0.39, 0.29) is 18.2 Å². The van der Waals surface area contributed by atoms with Gasteiger partial charge in [0, 0.05) is 24.8 Å². The van der Waals surface area contributed by atoms with E-state index in [1.165, 1.54) is 0 Å². The predicted molar refractivity (Wildman–Crippen MR) is 97.8 cm³/mol. The molecule has 1 saturated heterocycles. The minimum absolute atomic E-state index is 0.0126. The van der Waals surface area contributed by atoms with Crippen molar-refractivity contribution in [2.45, 2.75) is 19.1 Å². The highest BCUT2D eigenvalue weighted by Crippen LogP contribution is 2.18. The first kappa shape index (κ1) is 17.9. The molecule has 1 heterocycles. The number of hydrogen-bond donors (Lipinski definition) is 1. The molecule has 2 amide bonds. The molecule has 0 bridgehead atoms. The molecule has 0 aromatic heterocycles. The molecule has 1 fully saturated rings. The molecule has 2 aromatic rings. The van der Waals surface area contributed by atoms with Crippen LogP contribution >= 0.6 is 0 Å². The normalized spacial score (nSPS) is 17.0. The molecule has 1 atom stereocenters. The number of rotatable bonds is 6. The molecule has 0 spiro atoms. The SMILES string of the molecule is COc1cccc(NC(=O)CC2OCCN(Cc3ccccc3)C2=O)c1. The maximum absolute atomic E-state index is 12.6. The summed E-state index contributed by atoms with van der Waals surface area (Å²) in [4.78, 5) is 26.6. The Hall–Kier alpha value is -2.86. The lowest BCUT2D eigenvalue weighted by molar-refractivity contribution is -0.155. The second kappa shape index (κ2) is 8.49. The number of methoxy groups -OCH3 is 1. The summed E-state index contributed by atoms with van der Waals surface area (Å²) in [6.45, 7) is 1.48. The number of nitrogens with one attached hydrogen (secondary N) is 1. The summed E-state index contributed by atoms with van der Waals surface area (Å²) in [5.41, 5.74) is 1.68. The van der Waals surface area contributed by atoms with Crippen LogP contribution in [0.25, 0.3) is 0 Å². The first-order valence-electron chi connectivity index (χ1n) is 8.54. The van der Waals surface area contributed by atoms with Crippen molar-refractivity contribution in [2.24, 2.45) is 0 Å². The average molecular weight is 354 g/mol. The molecule has 6 nitrogen and oxygen atoms in total. The van der Waals surface area contributed by atoms with Gasteiger partial charge in [0.1, 0.15) is 11.9 Å². The Kier molecular flexibility index (Phi) is 5.86. The zero-order chi connectivity index (χ0) is 18.4. The maximum atomic E-state index is 12.6. The van der Waals surface area contributed by atoms with Gasteiger partial charge in [0.2, 0.25) is 5.91 Å². The fourth-order valence-electron chi connectivity index (χ4n) is 2.88. The third-order valence-corrected chi connectivity index (χ3v) is 4.21. The van der Waals surface area contributed by atoms with Crippen molar-refractivity contribution in [1.29, 1.82) is 0 Å². The van der Waals surface area contributed by atoms with Gasteiger partial charge in [-0.25, -0.2) is 0 Å². The summed E-state index contributed by atoms with van der Waals surface area (Å²) < 4.78 is 10.7. The number of benzene rings is 2. The Balaban J connectivity index is 1.58. The number of amides is 2. The van der Waals surface area contributed by atoms with E-state index in [0.717, 1.165) is 5.56 Å². The molecule has 0 aliphatic carbocycles. The van der Waals surface area contributed by atoms with Crippen LogP contribution in [-0.4, -0.2) is 43.1 Å². The van der Waals surface area contributed by atoms with E-state index in [2.05, 4.69) is 5.32 Å². The van der Waals surface area contributed by atoms with E-state index in [1.807, 2.05) is 30.3 Å². The molecule has 1 aliphatic rings. The summed E-state index contributed by atoms with van der Waals surface area (Å²) in [6, 6.07) is 16.9. The summed E-state index contributed by atoms with van der Waals surface area (Å²) in [6.07, 6.45) is -0.764. The second-order valence-corrected chi connectivity index (χ2v) is 6.09. The van der Waals surface area contributed by atoms with Crippen LogP contribution in [0.4, 0.5) is 5.69 Å². The first-order chi connectivity index (χ1) is 12.7. The van der Waals surface area contributed by atoms with E-state index >= 15 is 0 Å². The number of carbonyl (C=O) groups is 2. The Labute approximate surface area is 152 Å². The molecule has 6 heteroatoms. The number of anilines is 1. The van der Waals surface area contributed by atoms with E-state index in [0.29, 0.717) is 31.1 Å². The van der Waals surface area contributed by atoms with Crippen LogP contribution in [0.3, 0.4) is 0 Å². The number of ether oxygens (including phenoxy) is 2. The van der Waals surface area contributed by atoms with Gasteiger partial charge in [-0.2, -0.15) is 0 Å². The number of carbonyl (C=O) groups excluding carboxylic acids is 2. The van der Waals surface area contributed by atoms with E-state index in [1.54, 1.807) is 36.3 Å². The smallest absolute Gasteiger partial charge is 0.252 e. The van der Waals surface area contributed by atoms with Crippen molar-refractivity contribution in [3.05, 3.63) is 60.2 Å². The highest BCUT2D eigenvalue weighted by atomic mass is 16.5. The van der Waals surface area contributed by atoms with Crippen molar-refractivity contribution >= 4 is 17.5 Å². The third kappa shape index (κ3) is 4.61. The summed E-state index contributed by atoms with van der Waals surface area (Å²) in [7, 11) is 1.57. The van der Waals surface area contributed by atoms with Gasteiger partial charge in [0.05, 0.1) is 20.1 Å².